The van der Waals surface area contributed by atoms with E-state index in [2.05, 4.69) is 0 Å². The molecule has 0 saturated heterocycles. The molecule has 1 atom stereocenters. The number of nitrogens with one attached hydrogen (secondary N) is 1. The van der Waals surface area contributed by atoms with Gasteiger partial charge in [-0.3, -0.25) is 4.55 Å². The Balaban J connectivity index is 0. The molecule has 0 radical (unpaired) electrons. The van der Waals surface area contributed by atoms with Gasteiger partial charge in [0.2, 0.25) is 0 Å². The molecule has 0 aromatic carbocycles. The molecule has 1 unspecified atom stereocenters. The van der Waals surface area contributed by atoms with Crippen molar-refractivity contribution in [3.63, 3.8) is 0 Å². The van der Waals surface area contributed by atoms with Crippen molar-refractivity contribution in [2.24, 2.45) is 0 Å². The van der Waals surface area contributed by atoms with Crippen LogP contribution in [0.4, 0.5) is 13.2 Å². The van der Waals surface area contributed by atoms with Crippen molar-refractivity contribution in [2.45, 2.75) is 19.1 Å². The van der Waals surface area contributed by atoms with Crippen LogP contribution in [0.25, 0.3) is 0 Å². The van der Waals surface area contributed by atoms with E-state index in [1.807, 2.05) is 0 Å². The third-order valence-electron chi connectivity index (χ3n) is 0.817. The zero-order valence-corrected chi connectivity index (χ0v) is 6.20. The Morgan fingerprint density at radius 2 is 1.75 bits per heavy atom. The molecule has 12 heavy (non-hydrogen) atoms. The van der Waals surface area contributed by atoms with Gasteiger partial charge in [-0.25, -0.2) is 0 Å². The molecule has 0 fully saturated rings. The van der Waals surface area contributed by atoms with Crippen LogP contribution in [0.1, 0.15) is 6.92 Å². The fraction of sp³-hybridized carbons (Fsp3) is 1.00. The van der Waals surface area contributed by atoms with Crippen molar-refractivity contribution >= 4 is 39.9 Å². The first-order valence-electron chi connectivity index (χ1n) is 2.44. The third-order valence-corrected chi connectivity index (χ3v) is 1.47. The van der Waals surface area contributed by atoms with Gasteiger partial charge < -0.3 is 0 Å². The Hall–Kier alpha value is 0.660. The molecule has 0 spiro atoms. The van der Waals surface area contributed by atoms with E-state index >= 15 is 0 Å². The fourth-order valence-corrected chi connectivity index (χ4v) is 0.871. The molecule has 4 nitrogen and oxygen atoms in total. The van der Waals surface area contributed by atoms with E-state index in [1.54, 1.807) is 0 Å². The Bertz CT molecular complexity index is 225. The van der Waals surface area contributed by atoms with Crippen molar-refractivity contribution in [1.82, 2.24) is 4.72 Å². The first-order valence-corrected chi connectivity index (χ1v) is 3.88. The summed E-state index contributed by atoms with van der Waals surface area (Å²) in [7, 11) is -4.78. The quantitative estimate of drug-likeness (QED) is 0.492. The number of rotatable bonds is 2. The minimum absolute atomic E-state index is 0. The van der Waals surface area contributed by atoms with Crippen molar-refractivity contribution in [2.75, 3.05) is 0 Å². The summed E-state index contributed by atoms with van der Waals surface area (Å²) in [5.41, 5.74) is 0. The summed E-state index contributed by atoms with van der Waals surface area (Å²) in [5, 5.41) is 0. The summed E-state index contributed by atoms with van der Waals surface area (Å²) >= 11 is 0. The van der Waals surface area contributed by atoms with Crippen molar-refractivity contribution in [3.05, 3.63) is 0 Å². The van der Waals surface area contributed by atoms with Crippen LogP contribution in [-0.4, -0.2) is 54.7 Å². The molecule has 2 N–H and O–H groups in total. The van der Waals surface area contributed by atoms with Gasteiger partial charge in [0.15, 0.2) is 0 Å². The van der Waals surface area contributed by atoms with Gasteiger partial charge in [-0.05, 0) is 6.92 Å². The molecule has 0 aliphatic carbocycles. The number of alkyl halides is 3. The standard InChI is InChI=1S/C3H6F3NO3S.Na.H/c1-2(3(4,5)6)7-11(8,9)10;;/h2,7H,1H3,(H,8,9,10);;. The number of hydrogen-bond acceptors (Lipinski definition) is 2. The zero-order valence-electron chi connectivity index (χ0n) is 5.38. The van der Waals surface area contributed by atoms with E-state index in [9.17, 15) is 21.6 Å². The molecule has 0 aliphatic rings. The third kappa shape index (κ3) is 7.32. The van der Waals surface area contributed by atoms with Crippen LogP contribution < -0.4 is 4.72 Å². The van der Waals surface area contributed by atoms with Crippen LogP contribution >= 0.6 is 0 Å². The molecule has 0 amide bonds. The molecule has 0 saturated carbocycles. The van der Waals surface area contributed by atoms with Gasteiger partial charge in [-0.15, -0.1) is 0 Å². The topological polar surface area (TPSA) is 66.4 Å². The average molecular weight is 217 g/mol. The Labute approximate surface area is 89.7 Å². The summed E-state index contributed by atoms with van der Waals surface area (Å²) < 4.78 is 63.2. The first kappa shape index (κ1) is 15.1. The maximum absolute atomic E-state index is 11.5. The van der Waals surface area contributed by atoms with E-state index < -0.39 is 22.5 Å². The molecule has 0 aromatic heterocycles. The first-order chi connectivity index (χ1) is 4.63. The van der Waals surface area contributed by atoms with Gasteiger partial charge in [-0.1, -0.05) is 0 Å². The van der Waals surface area contributed by atoms with Gasteiger partial charge >= 0.3 is 46.0 Å². The van der Waals surface area contributed by atoms with Crippen molar-refractivity contribution < 1.29 is 26.1 Å². The van der Waals surface area contributed by atoms with E-state index in [0.29, 0.717) is 6.92 Å². The van der Waals surface area contributed by atoms with Crippen LogP contribution in [0, 0.1) is 0 Å². The molecule has 0 aliphatic heterocycles. The SMILES string of the molecule is CC(NS(=O)(=O)O)C(F)(F)F.[NaH]. The second kappa shape index (κ2) is 4.77. The number of halogens is 3. The fourth-order valence-electron chi connectivity index (χ4n) is 0.290. The Kier molecular flexibility index (Phi) is 6.03. The second-order valence-corrected chi connectivity index (χ2v) is 3.04. The van der Waals surface area contributed by atoms with E-state index in [-0.39, 0.29) is 29.6 Å². The summed E-state index contributed by atoms with van der Waals surface area (Å²) in [6.07, 6.45) is -4.68. The molecular formula is C3H7F3NNaO3S. The van der Waals surface area contributed by atoms with Gasteiger partial charge in [-0.2, -0.15) is 26.3 Å². The predicted molar refractivity (Wildman–Crippen MR) is 37.4 cm³/mol. The molecule has 0 rings (SSSR count). The van der Waals surface area contributed by atoms with Gasteiger partial charge in [0.1, 0.15) is 6.04 Å². The van der Waals surface area contributed by atoms with E-state index in [4.69, 9.17) is 4.55 Å². The average Bonchev–Trinajstić information content (AvgIpc) is 1.56. The van der Waals surface area contributed by atoms with Crippen LogP contribution in [-0.2, 0) is 10.3 Å². The molecule has 0 bridgehead atoms. The molecule has 9 heteroatoms. The molecule has 70 valence electrons. The van der Waals surface area contributed by atoms with Gasteiger partial charge in [0, 0.05) is 0 Å². The Morgan fingerprint density at radius 3 is 1.83 bits per heavy atom. The summed E-state index contributed by atoms with van der Waals surface area (Å²) in [6.45, 7) is 0.577. The predicted octanol–water partition coefficient (Wildman–Crippen LogP) is -0.319. The normalized spacial score (nSPS) is 15.1. The monoisotopic (exact) mass is 217 g/mol. The second-order valence-electron chi connectivity index (χ2n) is 1.86. The van der Waals surface area contributed by atoms with Crippen LogP contribution in [0.3, 0.4) is 0 Å². The van der Waals surface area contributed by atoms with Crippen molar-refractivity contribution in [3.8, 4) is 0 Å². The maximum atomic E-state index is 11.5. The van der Waals surface area contributed by atoms with Crippen LogP contribution in [0.15, 0.2) is 0 Å². The Morgan fingerprint density at radius 1 is 1.42 bits per heavy atom. The van der Waals surface area contributed by atoms with E-state index in [1.165, 1.54) is 0 Å². The summed E-state index contributed by atoms with van der Waals surface area (Å²) in [5.74, 6) is 0. The minimum atomic E-state index is -4.78. The summed E-state index contributed by atoms with van der Waals surface area (Å²) in [4.78, 5) is 0. The van der Waals surface area contributed by atoms with Crippen LogP contribution in [0.2, 0.25) is 0 Å². The molecule has 0 aromatic rings. The molecular weight excluding hydrogens is 210 g/mol. The van der Waals surface area contributed by atoms with Crippen molar-refractivity contribution in [1.29, 1.82) is 0 Å². The van der Waals surface area contributed by atoms with E-state index in [0.717, 1.165) is 4.72 Å². The number of hydrogen-bond donors (Lipinski definition) is 2. The molecule has 0 heterocycles. The van der Waals surface area contributed by atoms with Crippen LogP contribution in [0.5, 0.6) is 0 Å². The zero-order chi connectivity index (χ0) is 9.28. The van der Waals surface area contributed by atoms with Gasteiger partial charge in [0.25, 0.3) is 0 Å². The van der Waals surface area contributed by atoms with Gasteiger partial charge in [0.05, 0.1) is 0 Å². The summed E-state index contributed by atoms with van der Waals surface area (Å²) in [6, 6.07) is -2.28.